The van der Waals surface area contributed by atoms with Crippen molar-refractivity contribution in [3.05, 3.63) is 122 Å². The fourth-order valence-corrected chi connectivity index (χ4v) is 7.48. The largest absolute Gasteiger partial charge is 0.619 e. The molecule has 2 bridgehead atoms. The third-order valence-corrected chi connectivity index (χ3v) is 10.5. The molecule has 284 valence electrons. The Bertz CT molecular complexity index is 1980. The van der Waals surface area contributed by atoms with Gasteiger partial charge in [-0.3, -0.25) is 14.6 Å². The number of anilines is 1. The van der Waals surface area contributed by atoms with Gasteiger partial charge in [0.2, 0.25) is 0 Å². The van der Waals surface area contributed by atoms with Crippen molar-refractivity contribution in [1.82, 2.24) is 9.80 Å². The molecule has 3 aromatic carbocycles. The summed E-state index contributed by atoms with van der Waals surface area (Å²) in [5.41, 5.74) is 2.92. The summed E-state index contributed by atoms with van der Waals surface area (Å²) >= 11 is 12.8. The van der Waals surface area contributed by atoms with Gasteiger partial charge in [0, 0.05) is 43.9 Å². The number of piperidine rings is 3. The third kappa shape index (κ3) is 8.83. The second-order valence-corrected chi connectivity index (χ2v) is 14.4. The number of halogens is 2. The van der Waals surface area contributed by atoms with Gasteiger partial charge in [-0.25, -0.2) is 9.59 Å². The van der Waals surface area contributed by atoms with Crippen LogP contribution in [0, 0.1) is 11.1 Å². The molecule has 3 aliphatic rings. The van der Waals surface area contributed by atoms with Crippen molar-refractivity contribution >= 4 is 46.9 Å². The molecule has 14 heteroatoms. The molecule has 0 aliphatic carbocycles. The van der Waals surface area contributed by atoms with Crippen LogP contribution < -0.4 is 19.1 Å². The quantitative estimate of drug-likeness (QED) is 0.0876. The predicted molar refractivity (Wildman–Crippen MR) is 203 cm³/mol. The number of methoxy groups -OCH3 is 2. The van der Waals surface area contributed by atoms with Crippen molar-refractivity contribution in [3.8, 4) is 11.5 Å². The lowest BCUT2D eigenvalue weighted by Gasteiger charge is -2.44. The molecule has 1 unspecified atom stereocenters. The molecular weight excluding hydrogens is 735 g/mol. The molecule has 2 amide bonds. The Kier molecular flexibility index (Phi) is 12.2. The zero-order chi connectivity index (χ0) is 38.5. The summed E-state index contributed by atoms with van der Waals surface area (Å²) in [4.78, 5) is 45.7. The van der Waals surface area contributed by atoms with Crippen LogP contribution in [0.25, 0.3) is 0 Å². The molecule has 3 fully saturated rings. The summed E-state index contributed by atoms with van der Waals surface area (Å²) in [7, 11) is 6.36. The number of nitrogens with zero attached hydrogens (tertiary/aromatic N) is 4. The van der Waals surface area contributed by atoms with Crippen LogP contribution in [-0.2, 0) is 22.4 Å². The highest BCUT2D eigenvalue weighted by Gasteiger charge is 2.37. The number of carbonyl (C=O) groups excluding carboxylic acids is 3. The number of hydrogen-bond donors (Lipinski definition) is 0. The van der Waals surface area contributed by atoms with Crippen molar-refractivity contribution in [1.29, 1.82) is 0 Å². The number of amides is 2. The number of carbonyl (C=O) groups is 3. The standard InChI is InChI=1S/C40H42Cl2N4O8/c1-43(2)38(47)29-6-5-7-30(18-29)46(40(49)54-37-24-44-16-14-26(37)15-17-44)21-25-8-10-27(11-9-25)39(48)53-35(20-31-32(41)22-45(50)23-33(31)42)28-12-13-34(51-3)36(19-28)52-4/h5-13,18-19,22-23,26,35,37H,14-17,20-21,24H2,1-4H3/t35?,37-/m0/s1. The molecule has 0 radical (unpaired) electrons. The van der Waals surface area contributed by atoms with Gasteiger partial charge in [0.05, 0.1) is 26.3 Å². The van der Waals surface area contributed by atoms with E-state index in [1.807, 2.05) is 0 Å². The lowest BCUT2D eigenvalue weighted by molar-refractivity contribution is -0.605. The van der Waals surface area contributed by atoms with Crippen LogP contribution in [0.1, 0.15) is 56.4 Å². The maximum atomic E-state index is 13.9. The second kappa shape index (κ2) is 17.0. The van der Waals surface area contributed by atoms with Gasteiger partial charge in [-0.05, 0) is 85.4 Å². The first-order valence-corrected chi connectivity index (χ1v) is 18.3. The minimum atomic E-state index is -0.886. The van der Waals surface area contributed by atoms with Gasteiger partial charge in [-0.15, -0.1) is 0 Å². The van der Waals surface area contributed by atoms with Gasteiger partial charge in [0.15, 0.2) is 23.9 Å². The first kappa shape index (κ1) is 38.7. The molecule has 2 atom stereocenters. The van der Waals surface area contributed by atoms with E-state index in [9.17, 15) is 19.6 Å². The lowest BCUT2D eigenvalue weighted by atomic mass is 9.86. The number of benzene rings is 3. The van der Waals surface area contributed by atoms with Gasteiger partial charge in [0.25, 0.3) is 5.91 Å². The van der Waals surface area contributed by atoms with E-state index in [2.05, 4.69) is 4.90 Å². The number of rotatable bonds is 12. The predicted octanol–water partition coefficient (Wildman–Crippen LogP) is 6.72. The zero-order valence-corrected chi connectivity index (χ0v) is 32.0. The molecule has 0 spiro atoms. The molecule has 4 heterocycles. The molecule has 3 aliphatic heterocycles. The van der Waals surface area contributed by atoms with E-state index in [4.69, 9.17) is 42.1 Å². The van der Waals surface area contributed by atoms with Crippen LogP contribution in [0.2, 0.25) is 10.0 Å². The van der Waals surface area contributed by atoms with Crippen LogP contribution in [-0.4, -0.2) is 81.8 Å². The summed E-state index contributed by atoms with van der Waals surface area (Å²) < 4.78 is 23.6. The number of ether oxygens (including phenoxy) is 4. The van der Waals surface area contributed by atoms with Crippen LogP contribution in [0.15, 0.2) is 79.1 Å². The SMILES string of the molecule is COc1ccc(C(Cc2c(Cl)c[n+]([O-])cc2Cl)OC(=O)c2ccc(CN(C(=O)O[C@H]3CN4CCC3CC4)c3cccc(C(=O)N(C)C)c3)cc2)cc1OC. The topological polar surface area (TPSA) is 125 Å². The Balaban J connectivity index is 1.24. The minimum absolute atomic E-state index is 0.0594. The van der Waals surface area contributed by atoms with E-state index in [1.165, 1.54) is 36.4 Å². The Morgan fingerprint density at radius 3 is 2.20 bits per heavy atom. The number of esters is 1. The van der Waals surface area contributed by atoms with Crippen LogP contribution in [0.3, 0.4) is 0 Å². The Morgan fingerprint density at radius 1 is 0.907 bits per heavy atom. The Hall–Kier alpha value is -5.04. The molecule has 54 heavy (non-hydrogen) atoms. The number of hydrogen-bond acceptors (Lipinski definition) is 9. The average molecular weight is 778 g/mol. The number of pyridine rings is 1. The molecule has 12 nitrogen and oxygen atoms in total. The summed E-state index contributed by atoms with van der Waals surface area (Å²) in [5.74, 6) is 0.409. The number of aromatic nitrogens is 1. The highest BCUT2D eigenvalue weighted by molar-refractivity contribution is 6.35. The normalized spacial score (nSPS) is 18.0. The van der Waals surface area contributed by atoms with E-state index in [-0.39, 0.29) is 40.6 Å². The van der Waals surface area contributed by atoms with Gasteiger partial charge >= 0.3 is 12.1 Å². The highest BCUT2D eigenvalue weighted by atomic mass is 35.5. The van der Waals surface area contributed by atoms with Gasteiger partial charge < -0.3 is 29.1 Å². The molecule has 1 aromatic heterocycles. The first-order valence-electron chi connectivity index (χ1n) is 17.5. The van der Waals surface area contributed by atoms with Crippen molar-refractivity contribution < 1.29 is 38.1 Å². The summed E-state index contributed by atoms with van der Waals surface area (Å²) in [6, 6.07) is 18.8. The molecular formula is C40H42Cl2N4O8. The fraction of sp³-hybridized carbons (Fsp3) is 0.350. The molecule has 7 rings (SSSR count). The van der Waals surface area contributed by atoms with Gasteiger partial charge in [-0.2, -0.15) is 4.73 Å². The van der Waals surface area contributed by atoms with Crippen molar-refractivity contribution in [2.45, 2.75) is 38.0 Å². The summed E-state index contributed by atoms with van der Waals surface area (Å²) in [6.07, 6.45) is 2.79. The van der Waals surface area contributed by atoms with Crippen molar-refractivity contribution in [2.24, 2.45) is 5.92 Å². The maximum Gasteiger partial charge on any atom is 0.414 e. The monoisotopic (exact) mass is 776 g/mol. The van der Waals surface area contributed by atoms with E-state index in [1.54, 1.807) is 80.8 Å². The van der Waals surface area contributed by atoms with Crippen molar-refractivity contribution in [3.63, 3.8) is 0 Å². The van der Waals surface area contributed by atoms with Crippen LogP contribution >= 0.6 is 23.2 Å². The zero-order valence-electron chi connectivity index (χ0n) is 30.5. The molecule has 0 saturated carbocycles. The maximum absolute atomic E-state index is 13.9. The molecule has 4 aromatic rings. The van der Waals surface area contributed by atoms with E-state index in [0.717, 1.165) is 25.9 Å². The summed E-state index contributed by atoms with van der Waals surface area (Å²) in [6.45, 7) is 2.84. The smallest absolute Gasteiger partial charge is 0.414 e. The van der Waals surface area contributed by atoms with E-state index < -0.39 is 18.2 Å². The summed E-state index contributed by atoms with van der Waals surface area (Å²) in [5, 5.41) is 12.2. The average Bonchev–Trinajstić information content (AvgIpc) is 3.17. The minimum Gasteiger partial charge on any atom is -0.619 e. The van der Waals surface area contributed by atoms with Gasteiger partial charge in [-0.1, -0.05) is 47.5 Å². The Labute approximate surface area is 324 Å². The third-order valence-electron chi connectivity index (χ3n) is 9.89. The van der Waals surface area contributed by atoms with Gasteiger partial charge in [0.1, 0.15) is 22.3 Å². The fourth-order valence-electron chi connectivity index (χ4n) is 6.88. The van der Waals surface area contributed by atoms with E-state index in [0.29, 0.717) is 56.6 Å². The molecule has 3 saturated heterocycles. The van der Waals surface area contributed by atoms with Crippen molar-refractivity contribution in [2.75, 3.05) is 52.8 Å². The highest BCUT2D eigenvalue weighted by Crippen LogP contribution is 2.36. The van der Waals surface area contributed by atoms with Crippen LogP contribution in [0.5, 0.6) is 11.5 Å². The molecule has 0 N–H and O–H groups in total. The lowest BCUT2D eigenvalue weighted by Crippen LogP contribution is -2.53. The Morgan fingerprint density at radius 2 is 1.59 bits per heavy atom. The first-order chi connectivity index (χ1) is 25.9. The van der Waals surface area contributed by atoms with E-state index >= 15 is 0 Å². The number of fused-ring (bicyclic) bond motifs is 3. The van der Waals surface area contributed by atoms with Crippen LogP contribution in [0.4, 0.5) is 10.5 Å². The second-order valence-electron chi connectivity index (χ2n) is 13.6.